The highest BCUT2D eigenvalue weighted by molar-refractivity contribution is 5.97. The first-order valence-electron chi connectivity index (χ1n) is 9.64. The zero-order valence-electron chi connectivity index (χ0n) is 17.6. The molecule has 1 heterocycles. The molecule has 0 fully saturated rings. The average Bonchev–Trinajstić information content (AvgIpc) is 3.29. The summed E-state index contributed by atoms with van der Waals surface area (Å²) in [6.45, 7) is 0.0925. The van der Waals surface area contributed by atoms with Gasteiger partial charge in [0.2, 0.25) is 0 Å². The summed E-state index contributed by atoms with van der Waals surface area (Å²) in [6.07, 6.45) is -4.02. The predicted molar refractivity (Wildman–Crippen MR) is 107 cm³/mol. The number of carbonyl (C=O) groups excluding carboxylic acids is 2. The van der Waals surface area contributed by atoms with Gasteiger partial charge in [-0.25, -0.2) is 4.39 Å². The van der Waals surface area contributed by atoms with Gasteiger partial charge in [-0.15, -0.1) is 5.10 Å². The summed E-state index contributed by atoms with van der Waals surface area (Å²) in [5.74, 6) is -2.63. The second-order valence-electron chi connectivity index (χ2n) is 7.13. The summed E-state index contributed by atoms with van der Waals surface area (Å²) in [6, 6.07) is 9.38. The number of carbonyl (C=O) groups is 2. The third-order valence-electron chi connectivity index (χ3n) is 4.94. The number of ether oxygens (including phenoxy) is 1. The largest absolute Gasteiger partial charge is 0.496 e. The molecule has 1 amide bonds. The number of aldehydes is 1. The second kappa shape index (κ2) is 9.76. The van der Waals surface area contributed by atoms with Gasteiger partial charge in [-0.05, 0) is 46.3 Å². The molecule has 33 heavy (non-hydrogen) atoms. The molecule has 0 radical (unpaired) electrons. The number of halogens is 4. The molecule has 0 saturated carbocycles. The maximum Gasteiger partial charge on any atom is 0.453 e. The standard InChI is InChI=1S/C21H19F4N5O3/c1-29(12-14(9-10-31)13-3-5-15(22)6-4-13)19(32)17-11-16(7-8-18(17)33-2)30-20(21(23,24)25)26-27-28-30/h3-8,10-11,14H,9,12H2,1-2H3. The summed E-state index contributed by atoms with van der Waals surface area (Å²) in [7, 11) is 2.80. The van der Waals surface area contributed by atoms with Crippen molar-refractivity contribution in [2.45, 2.75) is 18.5 Å². The topological polar surface area (TPSA) is 90.2 Å². The Bertz CT molecular complexity index is 1130. The lowest BCUT2D eigenvalue weighted by Gasteiger charge is -2.24. The normalized spacial score (nSPS) is 12.3. The first-order valence-corrected chi connectivity index (χ1v) is 9.64. The van der Waals surface area contributed by atoms with E-state index in [0.29, 0.717) is 16.5 Å². The minimum atomic E-state index is -4.80. The fourth-order valence-corrected chi connectivity index (χ4v) is 3.32. The number of nitrogens with zero attached hydrogens (tertiary/aromatic N) is 5. The van der Waals surface area contributed by atoms with Crippen molar-refractivity contribution in [3.05, 3.63) is 65.2 Å². The van der Waals surface area contributed by atoms with Crippen LogP contribution in [0.1, 0.15) is 34.1 Å². The Morgan fingerprint density at radius 3 is 2.52 bits per heavy atom. The third-order valence-corrected chi connectivity index (χ3v) is 4.94. The number of likely N-dealkylation sites (N-methyl/N-ethyl adjacent to an activating group) is 1. The van der Waals surface area contributed by atoms with Crippen molar-refractivity contribution in [3.8, 4) is 11.4 Å². The van der Waals surface area contributed by atoms with Gasteiger partial charge in [-0.2, -0.15) is 17.9 Å². The molecule has 12 heteroatoms. The fraction of sp³-hybridized carbons (Fsp3) is 0.286. The summed E-state index contributed by atoms with van der Waals surface area (Å²) in [5, 5.41) is 9.45. The van der Waals surface area contributed by atoms with E-state index in [4.69, 9.17) is 4.74 Å². The highest BCUT2D eigenvalue weighted by Gasteiger charge is 2.38. The zero-order chi connectivity index (χ0) is 24.2. The molecular weight excluding hydrogens is 446 g/mol. The Balaban J connectivity index is 1.92. The van der Waals surface area contributed by atoms with Crippen molar-refractivity contribution in [2.24, 2.45) is 0 Å². The summed E-state index contributed by atoms with van der Waals surface area (Å²) >= 11 is 0. The Morgan fingerprint density at radius 2 is 1.91 bits per heavy atom. The van der Waals surface area contributed by atoms with Crippen LogP contribution in [-0.2, 0) is 11.0 Å². The van der Waals surface area contributed by atoms with Crippen LogP contribution in [0.3, 0.4) is 0 Å². The maximum absolute atomic E-state index is 13.3. The van der Waals surface area contributed by atoms with E-state index in [2.05, 4.69) is 15.5 Å². The van der Waals surface area contributed by atoms with Crippen LogP contribution in [0.2, 0.25) is 0 Å². The molecule has 0 aliphatic rings. The Hall–Kier alpha value is -3.83. The van der Waals surface area contributed by atoms with E-state index in [1.54, 1.807) is 0 Å². The number of rotatable bonds is 8. The highest BCUT2D eigenvalue weighted by atomic mass is 19.4. The lowest BCUT2D eigenvalue weighted by Crippen LogP contribution is -2.31. The van der Waals surface area contributed by atoms with Gasteiger partial charge < -0.3 is 14.4 Å². The van der Waals surface area contributed by atoms with Crippen molar-refractivity contribution in [2.75, 3.05) is 20.7 Å². The van der Waals surface area contributed by atoms with Crippen LogP contribution in [0.15, 0.2) is 42.5 Å². The quantitative estimate of drug-likeness (QED) is 0.375. The van der Waals surface area contributed by atoms with Crippen LogP contribution < -0.4 is 4.74 Å². The first-order chi connectivity index (χ1) is 15.7. The molecule has 3 rings (SSSR count). The van der Waals surface area contributed by atoms with E-state index in [0.717, 1.165) is 0 Å². The molecule has 174 valence electrons. The van der Waals surface area contributed by atoms with E-state index in [1.165, 1.54) is 61.5 Å². The van der Waals surface area contributed by atoms with Gasteiger partial charge in [0.25, 0.3) is 11.7 Å². The van der Waals surface area contributed by atoms with E-state index in [-0.39, 0.29) is 30.0 Å². The molecule has 1 aromatic heterocycles. The summed E-state index contributed by atoms with van der Waals surface area (Å²) in [5.41, 5.74) is 0.547. The Kier molecular flexibility index (Phi) is 7.04. The van der Waals surface area contributed by atoms with Gasteiger partial charge >= 0.3 is 6.18 Å². The van der Waals surface area contributed by atoms with Crippen molar-refractivity contribution < 1.29 is 31.9 Å². The molecule has 0 saturated heterocycles. The highest BCUT2D eigenvalue weighted by Crippen LogP contribution is 2.30. The number of amides is 1. The van der Waals surface area contributed by atoms with Crippen molar-refractivity contribution in [1.29, 1.82) is 0 Å². The van der Waals surface area contributed by atoms with Crippen LogP contribution in [0.5, 0.6) is 5.75 Å². The van der Waals surface area contributed by atoms with Gasteiger partial charge in [-0.3, -0.25) is 4.79 Å². The lowest BCUT2D eigenvalue weighted by molar-refractivity contribution is -0.146. The Morgan fingerprint density at radius 1 is 1.21 bits per heavy atom. The van der Waals surface area contributed by atoms with Gasteiger partial charge in [0.15, 0.2) is 0 Å². The van der Waals surface area contributed by atoms with Crippen LogP contribution in [0.25, 0.3) is 5.69 Å². The smallest absolute Gasteiger partial charge is 0.453 e. The fourth-order valence-electron chi connectivity index (χ4n) is 3.32. The first kappa shape index (κ1) is 23.8. The number of tetrazole rings is 1. The molecule has 3 aromatic rings. The predicted octanol–water partition coefficient (Wildman–Crippen LogP) is 3.27. The second-order valence-corrected chi connectivity index (χ2v) is 7.13. The molecule has 1 unspecified atom stereocenters. The van der Waals surface area contributed by atoms with Crippen LogP contribution in [-0.4, -0.2) is 58.0 Å². The SMILES string of the molecule is COc1ccc(-n2nnnc2C(F)(F)F)cc1C(=O)N(C)CC(CC=O)c1ccc(F)cc1. The van der Waals surface area contributed by atoms with Gasteiger partial charge in [-0.1, -0.05) is 12.1 Å². The van der Waals surface area contributed by atoms with Gasteiger partial charge in [0.05, 0.1) is 18.4 Å². The maximum atomic E-state index is 13.3. The Labute approximate surface area is 185 Å². The van der Waals surface area contributed by atoms with E-state index in [9.17, 15) is 27.2 Å². The van der Waals surface area contributed by atoms with Crippen LogP contribution in [0, 0.1) is 5.82 Å². The van der Waals surface area contributed by atoms with Crippen molar-refractivity contribution >= 4 is 12.2 Å². The average molecular weight is 465 g/mol. The van der Waals surface area contributed by atoms with Gasteiger partial charge in [0.1, 0.15) is 17.9 Å². The number of hydrogen-bond donors (Lipinski definition) is 0. The summed E-state index contributed by atoms with van der Waals surface area (Å²) < 4.78 is 58.5. The zero-order valence-corrected chi connectivity index (χ0v) is 17.6. The minimum Gasteiger partial charge on any atom is -0.496 e. The number of hydrogen-bond acceptors (Lipinski definition) is 6. The third kappa shape index (κ3) is 5.33. The van der Waals surface area contributed by atoms with Crippen LogP contribution in [0.4, 0.5) is 17.6 Å². The number of benzene rings is 2. The molecule has 0 bridgehead atoms. The molecule has 0 aliphatic heterocycles. The molecule has 1 atom stereocenters. The molecule has 0 aliphatic carbocycles. The van der Waals surface area contributed by atoms with Crippen molar-refractivity contribution in [1.82, 2.24) is 25.1 Å². The van der Waals surface area contributed by atoms with E-state index in [1.807, 2.05) is 0 Å². The van der Waals surface area contributed by atoms with Gasteiger partial charge in [0, 0.05) is 25.9 Å². The van der Waals surface area contributed by atoms with Crippen LogP contribution >= 0.6 is 0 Å². The van der Waals surface area contributed by atoms with Crippen molar-refractivity contribution in [3.63, 3.8) is 0 Å². The monoisotopic (exact) mass is 465 g/mol. The lowest BCUT2D eigenvalue weighted by atomic mass is 9.95. The minimum absolute atomic E-state index is 0.0231. The molecular formula is C21H19F4N5O3. The number of alkyl halides is 3. The molecule has 0 N–H and O–H groups in total. The molecule has 8 nitrogen and oxygen atoms in total. The number of aromatic nitrogens is 4. The summed E-state index contributed by atoms with van der Waals surface area (Å²) in [4.78, 5) is 25.6. The van der Waals surface area contributed by atoms with E-state index >= 15 is 0 Å². The molecule has 0 spiro atoms. The molecule has 2 aromatic carbocycles. The number of methoxy groups -OCH3 is 1. The van der Waals surface area contributed by atoms with E-state index < -0.39 is 29.6 Å².